The number of pyridine rings is 2. The van der Waals surface area contributed by atoms with Gasteiger partial charge >= 0.3 is 0 Å². The highest BCUT2D eigenvalue weighted by Gasteiger charge is 2.18. The molecule has 0 spiro atoms. The number of aromatic nitrogens is 3. The third kappa shape index (κ3) is 3.97. The normalized spacial score (nSPS) is 11.4. The molecule has 0 N–H and O–H groups in total. The van der Waals surface area contributed by atoms with Crippen molar-refractivity contribution in [1.29, 1.82) is 0 Å². The molecule has 0 bridgehead atoms. The van der Waals surface area contributed by atoms with Crippen LogP contribution in [0.25, 0.3) is 77.7 Å². The van der Waals surface area contributed by atoms with Gasteiger partial charge in [0.05, 0.1) is 5.69 Å². The summed E-state index contributed by atoms with van der Waals surface area (Å²) in [6.07, 6.45) is 3.64. The Labute approximate surface area is 236 Å². The maximum Gasteiger partial charge on any atom is 0.247 e. The molecule has 8 rings (SSSR count). The molecule has 0 fully saturated rings. The molecular weight excluding hydrogens is 502 g/mol. The first-order valence-electron chi connectivity index (χ1n) is 13.6. The Hall–Kier alpha value is -5.61. The second kappa shape index (κ2) is 9.54. The van der Waals surface area contributed by atoms with Gasteiger partial charge in [-0.3, -0.25) is 4.98 Å². The van der Waals surface area contributed by atoms with Gasteiger partial charge in [0.1, 0.15) is 5.52 Å². The second-order valence-corrected chi connectivity index (χ2v) is 10.1. The van der Waals surface area contributed by atoms with Crippen molar-refractivity contribution < 1.29 is 4.42 Å². The summed E-state index contributed by atoms with van der Waals surface area (Å²) in [7, 11) is 0. The molecule has 0 aliphatic carbocycles. The van der Waals surface area contributed by atoms with Gasteiger partial charge in [-0.1, -0.05) is 97.1 Å². The molecule has 192 valence electrons. The zero-order chi connectivity index (χ0) is 27.2. The van der Waals surface area contributed by atoms with Gasteiger partial charge in [-0.2, -0.15) is 0 Å². The SMILES string of the molecule is c1ccc(-c2c3ccccc3c(-c3ccc4nc(-c5ccc(-c6cccnc6)cc5)oc4n3)c3ccccc23)cc1. The fraction of sp³-hybridized carbons (Fsp3) is 0. The molecule has 0 aliphatic heterocycles. The van der Waals surface area contributed by atoms with E-state index in [1.807, 2.05) is 36.5 Å². The molecule has 4 nitrogen and oxygen atoms in total. The van der Waals surface area contributed by atoms with Crippen molar-refractivity contribution in [3.8, 4) is 45.0 Å². The number of benzene rings is 5. The smallest absolute Gasteiger partial charge is 0.247 e. The van der Waals surface area contributed by atoms with Crippen molar-refractivity contribution in [2.24, 2.45) is 0 Å². The van der Waals surface area contributed by atoms with E-state index in [1.54, 1.807) is 6.20 Å². The molecular formula is C37H23N3O. The summed E-state index contributed by atoms with van der Waals surface area (Å²) in [5.41, 5.74) is 8.71. The highest BCUT2D eigenvalue weighted by atomic mass is 16.4. The Morgan fingerprint density at radius 3 is 1.71 bits per heavy atom. The lowest BCUT2D eigenvalue weighted by atomic mass is 9.87. The predicted molar refractivity (Wildman–Crippen MR) is 166 cm³/mol. The van der Waals surface area contributed by atoms with E-state index < -0.39 is 0 Å². The summed E-state index contributed by atoms with van der Waals surface area (Å²) >= 11 is 0. The molecule has 0 unspecified atom stereocenters. The monoisotopic (exact) mass is 525 g/mol. The third-order valence-electron chi connectivity index (χ3n) is 7.63. The van der Waals surface area contributed by atoms with Crippen LogP contribution >= 0.6 is 0 Å². The van der Waals surface area contributed by atoms with Crippen molar-refractivity contribution >= 4 is 32.8 Å². The first-order chi connectivity index (χ1) is 20.3. The molecule has 4 heteroatoms. The molecule has 41 heavy (non-hydrogen) atoms. The molecule has 3 aromatic heterocycles. The Kier molecular flexibility index (Phi) is 5.42. The number of fused-ring (bicyclic) bond motifs is 3. The third-order valence-corrected chi connectivity index (χ3v) is 7.63. The zero-order valence-electron chi connectivity index (χ0n) is 22.0. The number of rotatable bonds is 4. The lowest BCUT2D eigenvalue weighted by molar-refractivity contribution is 0.608. The van der Waals surface area contributed by atoms with Gasteiger partial charge in [-0.05, 0) is 74.1 Å². The topological polar surface area (TPSA) is 51.8 Å². The molecule has 0 saturated carbocycles. The summed E-state index contributed by atoms with van der Waals surface area (Å²) in [5.74, 6) is 0.552. The van der Waals surface area contributed by atoms with Crippen LogP contribution in [-0.2, 0) is 0 Å². The van der Waals surface area contributed by atoms with Gasteiger partial charge in [0.25, 0.3) is 0 Å². The number of hydrogen-bond donors (Lipinski definition) is 0. The lowest BCUT2D eigenvalue weighted by Gasteiger charge is -2.17. The van der Waals surface area contributed by atoms with Gasteiger partial charge in [0, 0.05) is 23.5 Å². The first kappa shape index (κ1) is 23.3. The largest absolute Gasteiger partial charge is 0.418 e. The first-order valence-corrected chi connectivity index (χ1v) is 13.6. The number of oxazole rings is 1. The minimum absolute atomic E-state index is 0.522. The van der Waals surface area contributed by atoms with Crippen LogP contribution in [-0.4, -0.2) is 15.0 Å². The van der Waals surface area contributed by atoms with E-state index in [4.69, 9.17) is 14.4 Å². The quantitative estimate of drug-likeness (QED) is 0.215. The van der Waals surface area contributed by atoms with Crippen molar-refractivity contribution in [3.63, 3.8) is 0 Å². The van der Waals surface area contributed by atoms with Crippen LogP contribution in [0.15, 0.2) is 144 Å². The average Bonchev–Trinajstić information content (AvgIpc) is 3.48. The van der Waals surface area contributed by atoms with Gasteiger partial charge in [-0.15, -0.1) is 0 Å². The molecule has 5 aromatic carbocycles. The van der Waals surface area contributed by atoms with E-state index in [0.29, 0.717) is 11.6 Å². The van der Waals surface area contributed by atoms with E-state index in [1.165, 1.54) is 21.9 Å². The second-order valence-electron chi connectivity index (χ2n) is 10.1. The highest BCUT2D eigenvalue weighted by molar-refractivity contribution is 6.21. The maximum absolute atomic E-state index is 6.24. The van der Waals surface area contributed by atoms with Crippen LogP contribution in [0.1, 0.15) is 0 Å². The Balaban J connectivity index is 1.28. The van der Waals surface area contributed by atoms with Crippen LogP contribution < -0.4 is 0 Å². The molecule has 0 atom stereocenters. The van der Waals surface area contributed by atoms with Crippen LogP contribution in [0.4, 0.5) is 0 Å². The van der Waals surface area contributed by atoms with Gasteiger partial charge in [0.15, 0.2) is 0 Å². The molecule has 0 saturated heterocycles. The summed E-state index contributed by atoms with van der Waals surface area (Å²) in [6.45, 7) is 0. The fourth-order valence-corrected chi connectivity index (χ4v) is 5.74. The van der Waals surface area contributed by atoms with Gasteiger partial charge in [-0.25, -0.2) is 9.97 Å². The van der Waals surface area contributed by atoms with Crippen molar-refractivity contribution in [3.05, 3.63) is 140 Å². The summed E-state index contributed by atoms with van der Waals surface area (Å²) in [5, 5.41) is 4.70. The molecule has 3 heterocycles. The van der Waals surface area contributed by atoms with Crippen molar-refractivity contribution in [1.82, 2.24) is 15.0 Å². The fourth-order valence-electron chi connectivity index (χ4n) is 5.74. The van der Waals surface area contributed by atoms with Gasteiger partial charge < -0.3 is 4.42 Å². The Bertz CT molecular complexity index is 2130. The van der Waals surface area contributed by atoms with E-state index in [2.05, 4.69) is 102 Å². The van der Waals surface area contributed by atoms with Crippen LogP contribution in [0, 0.1) is 0 Å². The minimum atomic E-state index is 0.522. The van der Waals surface area contributed by atoms with Gasteiger partial charge in [0.2, 0.25) is 11.6 Å². The maximum atomic E-state index is 6.24. The lowest BCUT2D eigenvalue weighted by Crippen LogP contribution is -1.92. The van der Waals surface area contributed by atoms with Crippen LogP contribution in [0.5, 0.6) is 0 Å². The molecule has 8 aromatic rings. The van der Waals surface area contributed by atoms with E-state index in [9.17, 15) is 0 Å². The van der Waals surface area contributed by atoms with E-state index >= 15 is 0 Å². The Morgan fingerprint density at radius 2 is 1.05 bits per heavy atom. The highest BCUT2D eigenvalue weighted by Crippen LogP contribution is 2.43. The number of nitrogens with zero attached hydrogens (tertiary/aromatic N) is 3. The molecule has 0 amide bonds. The Morgan fingerprint density at radius 1 is 0.439 bits per heavy atom. The van der Waals surface area contributed by atoms with Crippen molar-refractivity contribution in [2.45, 2.75) is 0 Å². The van der Waals surface area contributed by atoms with E-state index in [0.717, 1.165) is 44.2 Å². The summed E-state index contributed by atoms with van der Waals surface area (Å²) in [4.78, 5) is 14.0. The van der Waals surface area contributed by atoms with Crippen LogP contribution in [0.3, 0.4) is 0 Å². The average molecular weight is 526 g/mol. The van der Waals surface area contributed by atoms with Crippen LogP contribution in [0.2, 0.25) is 0 Å². The predicted octanol–water partition coefficient (Wildman–Crippen LogP) is 9.59. The summed E-state index contributed by atoms with van der Waals surface area (Å²) < 4.78 is 6.24. The number of hydrogen-bond acceptors (Lipinski definition) is 4. The summed E-state index contributed by atoms with van der Waals surface area (Å²) in [6, 6.07) is 44.0. The minimum Gasteiger partial charge on any atom is -0.418 e. The van der Waals surface area contributed by atoms with Crippen molar-refractivity contribution in [2.75, 3.05) is 0 Å². The molecule has 0 aliphatic rings. The molecule has 0 radical (unpaired) electrons. The van der Waals surface area contributed by atoms with E-state index in [-0.39, 0.29) is 0 Å². The zero-order valence-corrected chi connectivity index (χ0v) is 22.0. The standard InChI is InChI=1S/C37H23N3O/c1-2-9-25(10-3-1)34-28-12-4-6-14-30(28)35(31-15-7-5-13-29(31)34)32-20-21-33-37(39-32)41-36(40-33)26-18-16-24(17-19-26)27-11-8-22-38-23-27/h1-23H.